The molecule has 1 saturated heterocycles. The summed E-state index contributed by atoms with van der Waals surface area (Å²) in [6.45, 7) is 4.74. The van der Waals surface area contributed by atoms with E-state index in [9.17, 15) is 13.2 Å². The number of nitrogens with one attached hydrogen (secondary N) is 1. The van der Waals surface area contributed by atoms with Gasteiger partial charge in [0.25, 0.3) is 0 Å². The minimum Gasteiger partial charge on any atom is -0.375 e. The highest BCUT2D eigenvalue weighted by molar-refractivity contribution is 5.46. The van der Waals surface area contributed by atoms with Crippen LogP contribution in [0.1, 0.15) is 26.0 Å². The second-order valence-corrected chi connectivity index (χ2v) is 4.94. The molecule has 9 heteroatoms. The van der Waals surface area contributed by atoms with E-state index in [4.69, 9.17) is 10.6 Å². The Kier molecular flexibility index (Phi) is 4.52. The summed E-state index contributed by atoms with van der Waals surface area (Å²) in [7, 11) is 0. The molecule has 2 unspecified atom stereocenters. The van der Waals surface area contributed by atoms with Gasteiger partial charge in [-0.1, -0.05) is 6.92 Å². The van der Waals surface area contributed by atoms with Gasteiger partial charge in [-0.05, 0) is 13.3 Å². The van der Waals surface area contributed by atoms with E-state index in [2.05, 4.69) is 15.4 Å². The lowest BCUT2D eigenvalue weighted by Crippen LogP contribution is -2.49. The summed E-state index contributed by atoms with van der Waals surface area (Å²) in [6, 6.07) is 0.921. The number of hydrogen-bond donors (Lipinski definition) is 2. The van der Waals surface area contributed by atoms with Crippen molar-refractivity contribution in [2.45, 2.75) is 38.6 Å². The van der Waals surface area contributed by atoms with E-state index in [1.54, 1.807) is 0 Å². The van der Waals surface area contributed by atoms with Gasteiger partial charge in [0.05, 0.1) is 18.8 Å². The summed E-state index contributed by atoms with van der Waals surface area (Å²) in [5.41, 5.74) is 1.06. The van der Waals surface area contributed by atoms with Crippen molar-refractivity contribution in [3.63, 3.8) is 0 Å². The molecule has 3 N–H and O–H groups in total. The average Bonchev–Trinajstić information content (AvgIpc) is 2.45. The first-order chi connectivity index (χ1) is 9.85. The van der Waals surface area contributed by atoms with Crippen LogP contribution in [-0.2, 0) is 10.9 Å². The lowest BCUT2D eigenvalue weighted by molar-refractivity contribution is -0.141. The van der Waals surface area contributed by atoms with E-state index in [1.165, 1.54) is 0 Å². The number of nitrogens with zero attached hydrogens (tertiary/aromatic N) is 3. The molecule has 2 rings (SSSR count). The lowest BCUT2D eigenvalue weighted by atomic mass is 10.1. The Balaban J connectivity index is 2.41. The van der Waals surface area contributed by atoms with Crippen molar-refractivity contribution in [2.75, 3.05) is 23.5 Å². The standard InChI is InChI=1S/C12H18F3N5O/c1-3-8-6-21-7(2)5-20(8)10-4-9(12(13,14)15)17-11(18-10)19-16/h4,7-8H,3,5-6,16H2,1-2H3,(H,17,18,19). The number of rotatable bonds is 3. The number of nitrogen functional groups attached to an aromatic ring is 1. The molecular formula is C12H18F3N5O. The van der Waals surface area contributed by atoms with E-state index in [1.807, 2.05) is 18.7 Å². The summed E-state index contributed by atoms with van der Waals surface area (Å²) in [5.74, 6) is 5.11. The zero-order chi connectivity index (χ0) is 15.6. The van der Waals surface area contributed by atoms with Gasteiger partial charge < -0.3 is 9.64 Å². The number of ether oxygens (including phenoxy) is 1. The third kappa shape index (κ3) is 3.53. The SMILES string of the molecule is CCC1COC(C)CN1c1cc(C(F)(F)F)nc(NN)n1. The molecule has 1 aliphatic heterocycles. The number of hydrazine groups is 1. The van der Waals surface area contributed by atoms with Crippen LogP contribution in [0.4, 0.5) is 24.9 Å². The van der Waals surface area contributed by atoms with Gasteiger partial charge in [0.2, 0.25) is 5.95 Å². The van der Waals surface area contributed by atoms with E-state index in [0.29, 0.717) is 13.2 Å². The molecule has 1 aliphatic rings. The van der Waals surface area contributed by atoms with Crippen molar-refractivity contribution in [1.82, 2.24) is 9.97 Å². The van der Waals surface area contributed by atoms with Crippen LogP contribution in [-0.4, -0.2) is 35.3 Å². The predicted octanol–water partition coefficient (Wildman–Crippen LogP) is 1.78. The number of anilines is 2. The van der Waals surface area contributed by atoms with Crippen LogP contribution in [0.3, 0.4) is 0 Å². The van der Waals surface area contributed by atoms with E-state index in [0.717, 1.165) is 12.5 Å². The summed E-state index contributed by atoms with van der Waals surface area (Å²) in [6.07, 6.45) is -3.89. The van der Waals surface area contributed by atoms with Gasteiger partial charge in [-0.25, -0.2) is 10.8 Å². The molecular weight excluding hydrogens is 287 g/mol. The Morgan fingerprint density at radius 1 is 1.48 bits per heavy atom. The minimum absolute atomic E-state index is 0.0252. The predicted molar refractivity (Wildman–Crippen MR) is 71.7 cm³/mol. The Labute approximate surface area is 120 Å². The third-order valence-electron chi connectivity index (χ3n) is 3.37. The van der Waals surface area contributed by atoms with Crippen molar-refractivity contribution in [1.29, 1.82) is 0 Å². The largest absolute Gasteiger partial charge is 0.433 e. The van der Waals surface area contributed by atoms with Crippen LogP contribution in [0.25, 0.3) is 0 Å². The van der Waals surface area contributed by atoms with E-state index >= 15 is 0 Å². The molecule has 0 amide bonds. The monoisotopic (exact) mass is 305 g/mol. The molecule has 21 heavy (non-hydrogen) atoms. The fraction of sp³-hybridized carbons (Fsp3) is 0.667. The second-order valence-electron chi connectivity index (χ2n) is 4.94. The maximum Gasteiger partial charge on any atom is 0.433 e. The summed E-state index contributed by atoms with van der Waals surface area (Å²) in [5, 5.41) is 0. The Morgan fingerprint density at radius 3 is 2.76 bits per heavy atom. The molecule has 0 aromatic carbocycles. The zero-order valence-electron chi connectivity index (χ0n) is 11.8. The van der Waals surface area contributed by atoms with Gasteiger partial charge in [-0.3, -0.25) is 5.43 Å². The molecule has 118 valence electrons. The van der Waals surface area contributed by atoms with Crippen molar-refractivity contribution in [3.8, 4) is 0 Å². The Morgan fingerprint density at radius 2 is 2.19 bits per heavy atom. The van der Waals surface area contributed by atoms with Crippen molar-refractivity contribution < 1.29 is 17.9 Å². The number of alkyl halides is 3. The van der Waals surface area contributed by atoms with E-state index < -0.39 is 11.9 Å². The molecule has 1 fully saturated rings. The number of nitrogens with two attached hydrogens (primary N) is 1. The van der Waals surface area contributed by atoms with Crippen molar-refractivity contribution >= 4 is 11.8 Å². The van der Waals surface area contributed by atoms with Gasteiger partial charge in [0.15, 0.2) is 5.69 Å². The molecule has 0 aliphatic carbocycles. The number of aromatic nitrogens is 2. The van der Waals surface area contributed by atoms with Crippen LogP contribution in [0, 0.1) is 0 Å². The summed E-state index contributed by atoms with van der Waals surface area (Å²) in [4.78, 5) is 9.21. The molecule has 1 aromatic rings. The first kappa shape index (κ1) is 15.8. The first-order valence-corrected chi connectivity index (χ1v) is 6.66. The minimum atomic E-state index is -4.55. The molecule has 1 aromatic heterocycles. The van der Waals surface area contributed by atoms with Crippen LogP contribution in [0.2, 0.25) is 0 Å². The summed E-state index contributed by atoms with van der Waals surface area (Å²) >= 11 is 0. The highest BCUT2D eigenvalue weighted by Gasteiger charge is 2.35. The molecule has 0 spiro atoms. The normalized spacial score (nSPS) is 23.2. The first-order valence-electron chi connectivity index (χ1n) is 6.66. The fourth-order valence-corrected chi connectivity index (χ4v) is 2.25. The highest BCUT2D eigenvalue weighted by Crippen LogP contribution is 2.32. The molecule has 6 nitrogen and oxygen atoms in total. The van der Waals surface area contributed by atoms with Crippen molar-refractivity contribution in [3.05, 3.63) is 11.8 Å². The third-order valence-corrected chi connectivity index (χ3v) is 3.37. The number of hydrogen-bond acceptors (Lipinski definition) is 6. The van der Waals surface area contributed by atoms with Crippen LogP contribution < -0.4 is 16.2 Å². The Bertz CT molecular complexity index is 496. The number of halogens is 3. The maximum atomic E-state index is 12.9. The molecule has 2 heterocycles. The fourth-order valence-electron chi connectivity index (χ4n) is 2.25. The van der Waals surface area contributed by atoms with Gasteiger partial charge in [-0.2, -0.15) is 18.2 Å². The summed E-state index contributed by atoms with van der Waals surface area (Å²) < 4.78 is 44.3. The van der Waals surface area contributed by atoms with Crippen LogP contribution >= 0.6 is 0 Å². The molecule has 2 atom stereocenters. The zero-order valence-corrected chi connectivity index (χ0v) is 11.8. The smallest absolute Gasteiger partial charge is 0.375 e. The van der Waals surface area contributed by atoms with Gasteiger partial charge in [0.1, 0.15) is 5.82 Å². The second kappa shape index (κ2) is 6.02. The van der Waals surface area contributed by atoms with Crippen LogP contribution in [0.5, 0.6) is 0 Å². The van der Waals surface area contributed by atoms with Crippen molar-refractivity contribution in [2.24, 2.45) is 5.84 Å². The molecule has 0 bridgehead atoms. The van der Waals surface area contributed by atoms with E-state index in [-0.39, 0.29) is 23.9 Å². The van der Waals surface area contributed by atoms with Gasteiger partial charge >= 0.3 is 6.18 Å². The number of morpholine rings is 1. The Hall–Kier alpha value is -1.61. The quantitative estimate of drug-likeness (QED) is 0.655. The highest BCUT2D eigenvalue weighted by atomic mass is 19.4. The van der Waals surface area contributed by atoms with Gasteiger partial charge in [0, 0.05) is 12.6 Å². The average molecular weight is 305 g/mol. The molecule has 0 saturated carbocycles. The lowest BCUT2D eigenvalue weighted by Gasteiger charge is -2.39. The molecule has 0 radical (unpaired) electrons. The topological polar surface area (TPSA) is 76.3 Å². The van der Waals surface area contributed by atoms with Crippen LogP contribution in [0.15, 0.2) is 6.07 Å². The van der Waals surface area contributed by atoms with Gasteiger partial charge in [-0.15, -0.1) is 0 Å². The maximum absolute atomic E-state index is 12.9.